The average molecular weight is 293 g/mol. The maximum atomic E-state index is 10.8. The molecule has 0 radical (unpaired) electrons. The number of rotatable bonds is 4. The third kappa shape index (κ3) is 3.93. The van der Waals surface area contributed by atoms with Gasteiger partial charge < -0.3 is 0 Å². The minimum absolute atomic E-state index is 0.418. The lowest BCUT2D eigenvalue weighted by molar-refractivity contribution is 0.466. The highest BCUT2D eigenvalue weighted by Gasteiger charge is 2.16. The Kier molecular flexibility index (Phi) is 4.31. The lowest BCUT2D eigenvalue weighted by Gasteiger charge is -2.08. The zero-order valence-corrected chi connectivity index (χ0v) is 10.8. The summed E-state index contributed by atoms with van der Waals surface area (Å²) < 4.78 is 31.3. The van der Waals surface area contributed by atoms with Crippen LogP contribution in [0.3, 0.4) is 0 Å². The van der Waals surface area contributed by atoms with E-state index in [1.54, 1.807) is 0 Å². The first-order valence-electron chi connectivity index (χ1n) is 4.61. The second kappa shape index (κ2) is 5.09. The molecular weight excluding hydrogens is 280 g/mol. The van der Waals surface area contributed by atoms with Crippen molar-refractivity contribution in [2.24, 2.45) is 0 Å². The molecule has 0 saturated carbocycles. The largest absolute Gasteiger partial charge is 0.285 e. The van der Waals surface area contributed by atoms with Gasteiger partial charge in [0.15, 0.2) is 0 Å². The first-order chi connectivity index (χ1) is 6.91. The maximum absolute atomic E-state index is 10.8. The van der Waals surface area contributed by atoms with E-state index in [1.807, 2.05) is 24.3 Å². The third-order valence-corrected chi connectivity index (χ3v) is 4.31. The highest BCUT2D eigenvalue weighted by atomic mass is 79.9. The van der Waals surface area contributed by atoms with Gasteiger partial charge in [0.25, 0.3) is 10.1 Å². The van der Waals surface area contributed by atoms with Gasteiger partial charge in [0.2, 0.25) is 0 Å². The Morgan fingerprint density at radius 1 is 1.40 bits per heavy atom. The predicted octanol–water partition coefficient (Wildman–Crippen LogP) is 2.66. The fraction of sp³-hybridized carbons (Fsp3) is 0.400. The van der Waals surface area contributed by atoms with Crippen LogP contribution in [-0.2, 0) is 16.5 Å². The van der Waals surface area contributed by atoms with Crippen LogP contribution in [0, 0.1) is 0 Å². The van der Waals surface area contributed by atoms with E-state index < -0.39 is 15.4 Å². The number of halogens is 1. The van der Waals surface area contributed by atoms with Crippen LogP contribution in [0.4, 0.5) is 0 Å². The van der Waals surface area contributed by atoms with Gasteiger partial charge in [0.05, 0.1) is 5.25 Å². The van der Waals surface area contributed by atoms with Crippen LogP contribution in [0.25, 0.3) is 0 Å². The number of hydrogen-bond donors (Lipinski definition) is 1. The number of benzene rings is 1. The van der Waals surface area contributed by atoms with E-state index in [0.717, 1.165) is 10.0 Å². The van der Waals surface area contributed by atoms with Crippen LogP contribution in [0.5, 0.6) is 0 Å². The predicted molar refractivity (Wildman–Crippen MR) is 63.5 cm³/mol. The van der Waals surface area contributed by atoms with E-state index in [2.05, 4.69) is 15.9 Å². The highest BCUT2D eigenvalue weighted by molar-refractivity contribution is 9.10. The highest BCUT2D eigenvalue weighted by Crippen LogP contribution is 2.19. The van der Waals surface area contributed by atoms with Crippen LogP contribution in [0.2, 0.25) is 0 Å². The van der Waals surface area contributed by atoms with Crippen molar-refractivity contribution in [1.82, 2.24) is 0 Å². The molecule has 0 amide bonds. The van der Waals surface area contributed by atoms with Crippen LogP contribution >= 0.6 is 15.9 Å². The molecule has 0 aliphatic heterocycles. The summed E-state index contributed by atoms with van der Waals surface area (Å²) in [5, 5.41) is -0.718. The molecule has 5 heteroatoms. The van der Waals surface area contributed by atoms with E-state index in [1.165, 1.54) is 6.92 Å². The Morgan fingerprint density at radius 3 is 2.53 bits per heavy atom. The summed E-state index contributed by atoms with van der Waals surface area (Å²) in [6, 6.07) is 7.65. The minimum atomic E-state index is -3.90. The normalized spacial score (nSPS) is 13.8. The lowest BCUT2D eigenvalue weighted by Crippen LogP contribution is -2.17. The molecule has 1 N–H and O–H groups in total. The fourth-order valence-electron chi connectivity index (χ4n) is 1.21. The molecule has 0 fully saturated rings. The summed E-state index contributed by atoms with van der Waals surface area (Å²) >= 11 is 3.38. The SMILES string of the molecule is CC(CCc1ccccc1Br)S(=O)(=O)O. The zero-order chi connectivity index (χ0) is 11.5. The van der Waals surface area contributed by atoms with Gasteiger partial charge in [-0.1, -0.05) is 34.1 Å². The van der Waals surface area contributed by atoms with Gasteiger partial charge in [-0.25, -0.2) is 0 Å². The standard InChI is InChI=1S/C10H13BrO3S/c1-8(15(12,13)14)6-7-9-4-2-3-5-10(9)11/h2-5,8H,6-7H2,1H3,(H,12,13,14). The van der Waals surface area contributed by atoms with Crippen molar-refractivity contribution in [3.8, 4) is 0 Å². The third-order valence-electron chi connectivity index (χ3n) is 2.29. The molecule has 84 valence electrons. The molecule has 1 aromatic rings. The molecule has 1 unspecified atom stereocenters. The molecular formula is C10H13BrO3S. The molecule has 0 aliphatic rings. The molecule has 0 saturated heterocycles. The van der Waals surface area contributed by atoms with Crippen molar-refractivity contribution in [2.45, 2.75) is 25.0 Å². The molecule has 0 spiro atoms. The van der Waals surface area contributed by atoms with Crippen molar-refractivity contribution >= 4 is 26.0 Å². The second-order valence-corrected chi connectivity index (χ2v) is 6.14. The number of hydrogen-bond acceptors (Lipinski definition) is 2. The van der Waals surface area contributed by atoms with Gasteiger partial charge in [0.1, 0.15) is 0 Å². The summed E-state index contributed by atoms with van der Waals surface area (Å²) in [4.78, 5) is 0. The van der Waals surface area contributed by atoms with Crippen LogP contribution in [0.1, 0.15) is 18.9 Å². The molecule has 1 aromatic carbocycles. The Hall–Kier alpha value is -0.390. The van der Waals surface area contributed by atoms with Gasteiger partial charge in [-0.05, 0) is 31.4 Å². The van der Waals surface area contributed by atoms with Crippen LogP contribution < -0.4 is 0 Å². The molecule has 0 heterocycles. The minimum Gasteiger partial charge on any atom is -0.285 e. The second-order valence-electron chi connectivity index (χ2n) is 3.46. The molecule has 0 aromatic heterocycles. The average Bonchev–Trinajstić information content (AvgIpc) is 2.14. The van der Waals surface area contributed by atoms with Crippen LogP contribution in [-0.4, -0.2) is 18.2 Å². The smallest absolute Gasteiger partial charge is 0.267 e. The van der Waals surface area contributed by atoms with E-state index >= 15 is 0 Å². The quantitative estimate of drug-likeness (QED) is 0.868. The molecule has 1 atom stereocenters. The molecule has 0 aliphatic carbocycles. The Morgan fingerprint density at radius 2 is 2.00 bits per heavy atom. The zero-order valence-electron chi connectivity index (χ0n) is 8.35. The van der Waals surface area contributed by atoms with E-state index in [0.29, 0.717) is 12.8 Å². The van der Waals surface area contributed by atoms with Gasteiger partial charge in [-0.15, -0.1) is 0 Å². The summed E-state index contributed by atoms with van der Waals surface area (Å²) in [7, 11) is -3.90. The number of aryl methyl sites for hydroxylation is 1. The van der Waals surface area contributed by atoms with Gasteiger partial charge in [0, 0.05) is 4.47 Å². The van der Waals surface area contributed by atoms with Gasteiger partial charge in [-0.3, -0.25) is 4.55 Å². The summed E-state index contributed by atoms with van der Waals surface area (Å²) in [5.41, 5.74) is 1.05. The van der Waals surface area contributed by atoms with Gasteiger partial charge in [-0.2, -0.15) is 8.42 Å². The maximum Gasteiger partial charge on any atom is 0.267 e. The summed E-state index contributed by atoms with van der Waals surface area (Å²) in [6.07, 6.45) is 1.05. The lowest BCUT2D eigenvalue weighted by atomic mass is 10.1. The molecule has 15 heavy (non-hydrogen) atoms. The van der Waals surface area contributed by atoms with Crippen LogP contribution in [0.15, 0.2) is 28.7 Å². The molecule has 0 bridgehead atoms. The Balaban J connectivity index is 2.63. The van der Waals surface area contributed by atoms with Crippen molar-refractivity contribution in [3.05, 3.63) is 34.3 Å². The summed E-state index contributed by atoms with van der Waals surface area (Å²) in [5.74, 6) is 0. The Labute approximate surface area is 98.4 Å². The Bertz CT molecular complexity index is 428. The van der Waals surface area contributed by atoms with Crippen molar-refractivity contribution in [2.75, 3.05) is 0 Å². The van der Waals surface area contributed by atoms with E-state index in [-0.39, 0.29) is 0 Å². The monoisotopic (exact) mass is 292 g/mol. The van der Waals surface area contributed by atoms with Crippen molar-refractivity contribution in [3.63, 3.8) is 0 Å². The van der Waals surface area contributed by atoms with Crippen molar-refractivity contribution < 1.29 is 13.0 Å². The van der Waals surface area contributed by atoms with Crippen molar-refractivity contribution in [1.29, 1.82) is 0 Å². The fourth-order valence-corrected chi connectivity index (χ4v) is 2.11. The topological polar surface area (TPSA) is 54.4 Å². The first kappa shape index (κ1) is 12.7. The first-order valence-corrected chi connectivity index (χ1v) is 6.90. The summed E-state index contributed by atoms with van der Waals surface area (Å²) in [6.45, 7) is 1.51. The molecule has 1 rings (SSSR count). The van der Waals surface area contributed by atoms with E-state index in [9.17, 15) is 8.42 Å². The molecule has 3 nitrogen and oxygen atoms in total. The van der Waals surface area contributed by atoms with E-state index in [4.69, 9.17) is 4.55 Å². The van der Waals surface area contributed by atoms with Gasteiger partial charge >= 0.3 is 0 Å².